The number of unbranched alkanes of at least 4 members (excludes halogenated alkanes) is 27. The largest absolute Gasteiger partial charge is 0.462 e. The molecule has 1 N–H and O–H groups in total. The number of aliphatic hydroxyl groups excluding tert-OH is 1. The molecular weight excluding hydrogens is 933 g/mol. The first-order valence-corrected chi connectivity index (χ1v) is 31.7. The molecule has 0 bridgehead atoms. The standard InChI is InChI=1S/C71H118O5/c1-3-5-7-9-11-13-15-17-19-21-23-25-27-28-29-30-31-32-33-34-35-36-37-38-39-40-41-42-44-46-48-50-52-54-56-58-60-62-64-66-71(74)76-69(67-72)68-75-70(73)65-63-61-59-57-55-53-51-49-47-45-43-26-24-22-20-18-16-14-12-10-8-6-4-2/h5-8,11-14,17-20,23-26,28-29,31-32,45,47,69,72H,3-4,9-10,15-16,21-22,27,30,33-44,46,48-68H2,1-2H3/b7-5-,8-6-,13-11-,14-12-,19-17-,20-18-,25-23-,26-24-,29-28-,32-31-,47-45-. The van der Waals surface area contributed by atoms with Gasteiger partial charge in [0, 0.05) is 12.8 Å². The fraction of sp³-hybridized carbons (Fsp3) is 0.662. The van der Waals surface area contributed by atoms with Gasteiger partial charge in [0.2, 0.25) is 0 Å². The molecule has 1 unspecified atom stereocenters. The quantitative estimate of drug-likeness (QED) is 0.0373. The normalized spacial score (nSPS) is 13.1. The lowest BCUT2D eigenvalue weighted by Crippen LogP contribution is -2.28. The SMILES string of the molecule is CC/C=C\C/C=C\C/C=C\C/C=C\C/C=C\C/C=C\CCCCCCCCCCCCCCCCCCCCCCC(=O)OC(CO)COC(=O)CCCCCCCCC/C=C\C/C=C\C/C=C\C/C=C\C/C=C\CC. The molecule has 76 heavy (non-hydrogen) atoms. The Bertz CT molecular complexity index is 1570. The maximum Gasteiger partial charge on any atom is 0.306 e. The molecule has 0 spiro atoms. The third-order valence-electron chi connectivity index (χ3n) is 13.4. The fourth-order valence-corrected chi connectivity index (χ4v) is 8.76. The lowest BCUT2D eigenvalue weighted by Gasteiger charge is -2.15. The summed E-state index contributed by atoms with van der Waals surface area (Å²) in [6, 6.07) is 0. The first kappa shape index (κ1) is 72.0. The molecule has 0 rings (SSSR count). The number of allylic oxidation sites excluding steroid dienone is 22. The molecule has 0 aromatic rings. The van der Waals surface area contributed by atoms with Gasteiger partial charge >= 0.3 is 11.9 Å². The summed E-state index contributed by atoms with van der Waals surface area (Å²) >= 11 is 0. The molecule has 1 atom stereocenters. The molecule has 0 heterocycles. The van der Waals surface area contributed by atoms with Gasteiger partial charge in [0.15, 0.2) is 6.10 Å². The van der Waals surface area contributed by atoms with Gasteiger partial charge in [0.05, 0.1) is 6.61 Å². The Labute approximate surface area is 470 Å². The van der Waals surface area contributed by atoms with Crippen LogP contribution < -0.4 is 0 Å². The highest BCUT2D eigenvalue weighted by atomic mass is 16.6. The molecule has 0 amide bonds. The summed E-state index contributed by atoms with van der Waals surface area (Å²) in [6.07, 6.45) is 97.4. The van der Waals surface area contributed by atoms with E-state index in [4.69, 9.17) is 9.47 Å². The highest BCUT2D eigenvalue weighted by Gasteiger charge is 2.16. The van der Waals surface area contributed by atoms with Crippen LogP contribution in [-0.2, 0) is 19.1 Å². The Morgan fingerprint density at radius 1 is 0.303 bits per heavy atom. The van der Waals surface area contributed by atoms with E-state index in [1.54, 1.807) is 0 Å². The zero-order valence-corrected chi connectivity index (χ0v) is 49.5. The summed E-state index contributed by atoms with van der Waals surface area (Å²) in [6.45, 7) is 3.92. The molecule has 432 valence electrons. The number of hydrogen-bond acceptors (Lipinski definition) is 5. The summed E-state index contributed by atoms with van der Waals surface area (Å²) in [5, 5.41) is 9.68. The molecular formula is C71H118O5. The number of ether oxygens (including phenoxy) is 2. The molecule has 0 radical (unpaired) electrons. The second-order valence-corrected chi connectivity index (χ2v) is 20.7. The highest BCUT2D eigenvalue weighted by Crippen LogP contribution is 2.17. The minimum absolute atomic E-state index is 0.0760. The van der Waals surface area contributed by atoms with Crippen molar-refractivity contribution in [3.8, 4) is 0 Å². The van der Waals surface area contributed by atoms with Gasteiger partial charge in [-0.2, -0.15) is 0 Å². The van der Waals surface area contributed by atoms with Crippen molar-refractivity contribution in [3.05, 3.63) is 134 Å². The number of carbonyl (C=O) groups excluding carboxylic acids is 2. The van der Waals surface area contributed by atoms with Crippen molar-refractivity contribution in [2.45, 2.75) is 290 Å². The van der Waals surface area contributed by atoms with Gasteiger partial charge in [-0.15, -0.1) is 0 Å². The maximum absolute atomic E-state index is 12.3. The molecule has 5 nitrogen and oxygen atoms in total. The number of aliphatic hydroxyl groups is 1. The van der Waals surface area contributed by atoms with Crippen LogP contribution in [0.25, 0.3) is 0 Å². The summed E-state index contributed by atoms with van der Waals surface area (Å²) in [5.74, 6) is -0.601. The predicted octanol–water partition coefficient (Wildman–Crippen LogP) is 22.0. The summed E-state index contributed by atoms with van der Waals surface area (Å²) < 4.78 is 10.7. The van der Waals surface area contributed by atoms with E-state index < -0.39 is 6.10 Å². The van der Waals surface area contributed by atoms with Gasteiger partial charge in [0.25, 0.3) is 0 Å². The van der Waals surface area contributed by atoms with E-state index in [1.807, 2.05) is 0 Å². The molecule has 0 aromatic heterocycles. The van der Waals surface area contributed by atoms with Crippen molar-refractivity contribution in [3.63, 3.8) is 0 Å². The van der Waals surface area contributed by atoms with Crippen molar-refractivity contribution >= 4 is 11.9 Å². The van der Waals surface area contributed by atoms with Crippen molar-refractivity contribution in [1.29, 1.82) is 0 Å². The van der Waals surface area contributed by atoms with E-state index >= 15 is 0 Å². The third-order valence-corrected chi connectivity index (χ3v) is 13.4. The molecule has 0 aliphatic rings. The molecule has 5 heteroatoms. The third kappa shape index (κ3) is 62.6. The first-order valence-electron chi connectivity index (χ1n) is 31.7. The van der Waals surface area contributed by atoms with Crippen molar-refractivity contribution in [1.82, 2.24) is 0 Å². The average Bonchev–Trinajstić information content (AvgIpc) is 3.42. The van der Waals surface area contributed by atoms with Gasteiger partial charge in [-0.3, -0.25) is 9.59 Å². The lowest BCUT2D eigenvalue weighted by atomic mass is 10.0. The van der Waals surface area contributed by atoms with Crippen LogP contribution in [0.4, 0.5) is 0 Å². The van der Waals surface area contributed by atoms with Gasteiger partial charge in [-0.05, 0) is 109 Å². The minimum Gasteiger partial charge on any atom is -0.462 e. The van der Waals surface area contributed by atoms with E-state index in [9.17, 15) is 14.7 Å². The van der Waals surface area contributed by atoms with Crippen LogP contribution in [0, 0.1) is 0 Å². The van der Waals surface area contributed by atoms with E-state index in [1.165, 1.54) is 141 Å². The second-order valence-electron chi connectivity index (χ2n) is 20.7. The van der Waals surface area contributed by atoms with E-state index in [2.05, 4.69) is 148 Å². The molecule has 0 saturated carbocycles. The molecule has 0 aliphatic carbocycles. The maximum atomic E-state index is 12.3. The first-order chi connectivity index (χ1) is 37.6. The van der Waals surface area contributed by atoms with Gasteiger partial charge < -0.3 is 14.6 Å². The Morgan fingerprint density at radius 2 is 0.526 bits per heavy atom. The van der Waals surface area contributed by atoms with Crippen LogP contribution in [-0.4, -0.2) is 36.4 Å². The van der Waals surface area contributed by atoms with Crippen molar-refractivity contribution in [2.75, 3.05) is 13.2 Å². The molecule has 0 aliphatic heterocycles. The van der Waals surface area contributed by atoms with Crippen LogP contribution in [0.3, 0.4) is 0 Å². The van der Waals surface area contributed by atoms with Crippen molar-refractivity contribution in [2.24, 2.45) is 0 Å². The summed E-state index contributed by atoms with van der Waals surface area (Å²) in [4.78, 5) is 24.6. The number of esters is 2. The van der Waals surface area contributed by atoms with Gasteiger partial charge in [-0.25, -0.2) is 0 Å². The van der Waals surface area contributed by atoms with Crippen LogP contribution >= 0.6 is 0 Å². The van der Waals surface area contributed by atoms with E-state index in [0.717, 1.165) is 116 Å². The zero-order valence-electron chi connectivity index (χ0n) is 49.5. The highest BCUT2D eigenvalue weighted by molar-refractivity contribution is 5.70. The van der Waals surface area contributed by atoms with Gasteiger partial charge in [0.1, 0.15) is 6.61 Å². The molecule has 0 fully saturated rings. The minimum atomic E-state index is -0.785. The monoisotopic (exact) mass is 1050 g/mol. The average molecular weight is 1050 g/mol. The molecule has 0 saturated heterocycles. The Morgan fingerprint density at radius 3 is 0.789 bits per heavy atom. The Balaban J connectivity index is 3.48. The van der Waals surface area contributed by atoms with Crippen LogP contribution in [0.1, 0.15) is 284 Å². The molecule has 0 aromatic carbocycles. The smallest absolute Gasteiger partial charge is 0.306 e. The zero-order chi connectivity index (χ0) is 54.8. The van der Waals surface area contributed by atoms with Crippen LogP contribution in [0.5, 0.6) is 0 Å². The van der Waals surface area contributed by atoms with Crippen molar-refractivity contribution < 1.29 is 24.2 Å². The summed E-state index contributed by atoms with van der Waals surface area (Å²) in [7, 11) is 0. The lowest BCUT2D eigenvalue weighted by molar-refractivity contribution is -0.161. The Kier molecular flexibility index (Phi) is 61.9. The number of rotatable bonds is 57. The van der Waals surface area contributed by atoms with E-state index in [0.29, 0.717) is 12.8 Å². The fourth-order valence-electron chi connectivity index (χ4n) is 8.76. The number of hydrogen-bond donors (Lipinski definition) is 1. The van der Waals surface area contributed by atoms with Crippen LogP contribution in [0.15, 0.2) is 134 Å². The van der Waals surface area contributed by atoms with Crippen LogP contribution in [0.2, 0.25) is 0 Å². The summed E-state index contributed by atoms with van der Waals surface area (Å²) in [5.41, 5.74) is 0. The number of carbonyl (C=O) groups is 2. The topological polar surface area (TPSA) is 72.8 Å². The van der Waals surface area contributed by atoms with E-state index in [-0.39, 0.29) is 25.2 Å². The second kappa shape index (κ2) is 65.3. The van der Waals surface area contributed by atoms with Gasteiger partial charge in [-0.1, -0.05) is 295 Å². The predicted molar refractivity (Wildman–Crippen MR) is 334 cm³/mol. The Hall–Kier alpha value is -3.96.